The van der Waals surface area contributed by atoms with Gasteiger partial charge in [-0.2, -0.15) is 0 Å². The molecule has 0 aromatic heterocycles. The van der Waals surface area contributed by atoms with E-state index < -0.39 is 0 Å². The van der Waals surface area contributed by atoms with E-state index in [1.165, 1.54) is 24.1 Å². The Morgan fingerprint density at radius 2 is 1.86 bits per heavy atom. The van der Waals surface area contributed by atoms with E-state index in [0.717, 1.165) is 30.5 Å². The van der Waals surface area contributed by atoms with Gasteiger partial charge in [0.2, 0.25) is 0 Å². The van der Waals surface area contributed by atoms with Crippen molar-refractivity contribution in [1.82, 2.24) is 10.2 Å². The van der Waals surface area contributed by atoms with Gasteiger partial charge in [0.05, 0.1) is 6.04 Å². The Bertz CT molecular complexity index is 633. The molecule has 0 amide bonds. The molecule has 0 radical (unpaired) electrons. The highest BCUT2D eigenvalue weighted by molar-refractivity contribution is 5.27. The number of likely N-dealkylation sites (tertiary alicyclic amines) is 1. The molecule has 1 saturated heterocycles. The van der Waals surface area contributed by atoms with Crippen LogP contribution in [-0.4, -0.2) is 23.5 Å². The van der Waals surface area contributed by atoms with Crippen LogP contribution in [-0.2, 0) is 0 Å². The van der Waals surface area contributed by atoms with Crippen molar-refractivity contribution < 1.29 is 0 Å². The number of allylic oxidation sites excluding steroid dienone is 2. The van der Waals surface area contributed by atoms with E-state index in [1.54, 1.807) is 0 Å². The summed E-state index contributed by atoms with van der Waals surface area (Å²) in [4.78, 5) is 2.64. The second-order valence-electron chi connectivity index (χ2n) is 10.9. The van der Waals surface area contributed by atoms with Crippen LogP contribution in [0.3, 0.4) is 0 Å². The first-order valence-corrected chi connectivity index (χ1v) is 11.0. The Hall–Kier alpha value is -1.44. The lowest BCUT2D eigenvalue weighted by Crippen LogP contribution is -2.50. The minimum absolute atomic E-state index is 0.0707. The monoisotopic (exact) mass is 384 g/mol. The molecule has 1 heterocycles. The molecule has 158 valence electrons. The Kier molecular flexibility index (Phi) is 6.63. The third kappa shape index (κ3) is 4.26. The predicted molar refractivity (Wildman–Crippen MR) is 124 cm³/mol. The van der Waals surface area contributed by atoms with Crippen LogP contribution >= 0.6 is 0 Å². The summed E-state index contributed by atoms with van der Waals surface area (Å²) in [6.45, 7) is 34.4. The summed E-state index contributed by atoms with van der Waals surface area (Å²) in [6, 6.07) is 0.680. The van der Waals surface area contributed by atoms with Crippen LogP contribution in [0.4, 0.5) is 0 Å². The van der Waals surface area contributed by atoms with E-state index in [1.807, 2.05) is 13.0 Å². The van der Waals surface area contributed by atoms with E-state index in [-0.39, 0.29) is 11.5 Å². The largest absolute Gasteiger partial charge is 0.380 e. The maximum absolute atomic E-state index is 4.63. The zero-order valence-electron chi connectivity index (χ0n) is 19.6. The molecule has 2 fully saturated rings. The summed E-state index contributed by atoms with van der Waals surface area (Å²) in [5, 5.41) is 3.62. The number of hydrogen-bond acceptors (Lipinski definition) is 2. The zero-order valence-corrected chi connectivity index (χ0v) is 19.6. The van der Waals surface area contributed by atoms with Crippen LogP contribution in [0.15, 0.2) is 49.4 Å². The molecule has 1 aliphatic heterocycles. The first-order chi connectivity index (χ1) is 12.9. The number of rotatable bonds is 10. The first kappa shape index (κ1) is 22.8. The fraction of sp³-hybridized carbons (Fsp3) is 0.692. The van der Waals surface area contributed by atoms with E-state index in [9.17, 15) is 0 Å². The third-order valence-corrected chi connectivity index (χ3v) is 7.16. The summed E-state index contributed by atoms with van der Waals surface area (Å²) < 4.78 is 0. The molecule has 5 atom stereocenters. The van der Waals surface area contributed by atoms with Crippen LogP contribution in [0.5, 0.6) is 0 Å². The molecule has 28 heavy (non-hydrogen) atoms. The molecular weight excluding hydrogens is 340 g/mol. The van der Waals surface area contributed by atoms with Crippen molar-refractivity contribution in [1.29, 1.82) is 0 Å². The van der Waals surface area contributed by atoms with Crippen molar-refractivity contribution in [2.45, 2.75) is 79.8 Å². The molecule has 0 aromatic rings. The highest BCUT2D eigenvalue weighted by Crippen LogP contribution is 2.67. The summed E-state index contributed by atoms with van der Waals surface area (Å²) in [5.41, 5.74) is 4.06. The van der Waals surface area contributed by atoms with Crippen molar-refractivity contribution in [3.8, 4) is 0 Å². The minimum Gasteiger partial charge on any atom is -0.380 e. The second kappa shape index (κ2) is 8.13. The van der Waals surface area contributed by atoms with Crippen LogP contribution in [0.25, 0.3) is 0 Å². The molecule has 5 unspecified atom stereocenters. The van der Waals surface area contributed by atoms with Gasteiger partial charge in [-0.15, -0.1) is 6.58 Å². The zero-order chi connectivity index (χ0) is 21.4. The normalized spacial score (nSPS) is 27.5. The standard InChI is InChI=1S/C26H44N2/c1-12-14-18(5)20(15-13-2)23-22-21(26(22,10)11)16-28(23)19(6)24(25(7,8)9)27-17(3)4/h12,20-24,27H,1,3,5-6,13-16H2,2,4,7-11H3. The first-order valence-electron chi connectivity index (χ1n) is 11.0. The van der Waals surface area contributed by atoms with Gasteiger partial charge in [0.15, 0.2) is 0 Å². The number of piperidine rings is 1. The van der Waals surface area contributed by atoms with Gasteiger partial charge in [-0.1, -0.05) is 79.3 Å². The molecule has 0 aromatic carbocycles. The molecule has 2 nitrogen and oxygen atoms in total. The quantitative estimate of drug-likeness (QED) is 0.430. The maximum atomic E-state index is 4.63. The summed E-state index contributed by atoms with van der Waals surface area (Å²) >= 11 is 0. The predicted octanol–water partition coefficient (Wildman–Crippen LogP) is 6.54. The average molecular weight is 385 g/mol. The van der Waals surface area contributed by atoms with Gasteiger partial charge in [0, 0.05) is 29.9 Å². The van der Waals surface area contributed by atoms with Crippen LogP contribution in [0, 0.1) is 28.6 Å². The molecule has 1 N–H and O–H groups in total. The lowest BCUT2D eigenvalue weighted by Gasteiger charge is -2.45. The summed E-state index contributed by atoms with van der Waals surface area (Å²) in [6.07, 6.45) is 5.29. The number of fused-ring (bicyclic) bond motifs is 1. The topological polar surface area (TPSA) is 15.3 Å². The van der Waals surface area contributed by atoms with Crippen molar-refractivity contribution in [3.63, 3.8) is 0 Å². The Balaban J connectivity index is 2.38. The van der Waals surface area contributed by atoms with Gasteiger partial charge in [-0.3, -0.25) is 0 Å². The van der Waals surface area contributed by atoms with Crippen molar-refractivity contribution in [3.05, 3.63) is 49.4 Å². The van der Waals surface area contributed by atoms with Gasteiger partial charge < -0.3 is 10.2 Å². The molecule has 1 aliphatic carbocycles. The molecular formula is C26H44N2. The Morgan fingerprint density at radius 1 is 1.25 bits per heavy atom. The second-order valence-corrected chi connectivity index (χ2v) is 10.9. The highest BCUT2D eigenvalue weighted by Gasteiger charge is 2.68. The van der Waals surface area contributed by atoms with Gasteiger partial charge in [-0.25, -0.2) is 0 Å². The number of nitrogens with zero attached hydrogens (tertiary/aromatic N) is 1. The fourth-order valence-electron chi connectivity index (χ4n) is 5.59. The van der Waals surface area contributed by atoms with E-state index >= 15 is 0 Å². The van der Waals surface area contributed by atoms with Gasteiger partial charge in [-0.05, 0) is 42.4 Å². The van der Waals surface area contributed by atoms with Crippen LogP contribution in [0.2, 0.25) is 0 Å². The molecule has 1 saturated carbocycles. The lowest BCUT2D eigenvalue weighted by atomic mass is 9.79. The molecule has 2 aliphatic rings. The summed E-state index contributed by atoms with van der Waals surface area (Å²) in [5.74, 6) is 1.99. The molecule has 0 spiro atoms. The third-order valence-electron chi connectivity index (χ3n) is 7.16. The van der Waals surface area contributed by atoms with Crippen molar-refractivity contribution in [2.24, 2.45) is 28.6 Å². The minimum atomic E-state index is 0.0707. The van der Waals surface area contributed by atoms with E-state index in [0.29, 0.717) is 17.4 Å². The lowest BCUT2D eigenvalue weighted by molar-refractivity contribution is 0.147. The number of hydrogen-bond donors (Lipinski definition) is 1. The van der Waals surface area contributed by atoms with Crippen molar-refractivity contribution >= 4 is 0 Å². The Labute approximate surface area is 174 Å². The van der Waals surface area contributed by atoms with Gasteiger partial charge >= 0.3 is 0 Å². The molecule has 2 rings (SSSR count). The SMILES string of the molecule is C=CCC(=C)C(CCC)C1C2C(CN1C(=C)C(NC(=C)C)C(C)(C)C)C2(C)C. The maximum Gasteiger partial charge on any atom is 0.0700 e. The van der Waals surface area contributed by atoms with Crippen LogP contribution in [0.1, 0.15) is 67.7 Å². The van der Waals surface area contributed by atoms with Crippen molar-refractivity contribution in [2.75, 3.05) is 6.54 Å². The average Bonchev–Trinajstić information content (AvgIpc) is 2.92. The number of nitrogens with one attached hydrogen (secondary N) is 1. The smallest absolute Gasteiger partial charge is 0.0700 e. The van der Waals surface area contributed by atoms with Gasteiger partial charge in [0.25, 0.3) is 0 Å². The van der Waals surface area contributed by atoms with Gasteiger partial charge in [0.1, 0.15) is 0 Å². The molecule has 0 bridgehead atoms. The molecule has 2 heteroatoms. The fourth-order valence-corrected chi connectivity index (χ4v) is 5.59. The summed E-state index contributed by atoms with van der Waals surface area (Å²) in [7, 11) is 0. The van der Waals surface area contributed by atoms with E-state index in [4.69, 9.17) is 0 Å². The Morgan fingerprint density at radius 3 is 2.32 bits per heavy atom. The van der Waals surface area contributed by atoms with Crippen LogP contribution < -0.4 is 5.32 Å². The van der Waals surface area contributed by atoms with E-state index in [2.05, 4.69) is 78.1 Å². The highest BCUT2D eigenvalue weighted by atomic mass is 15.3.